The summed E-state index contributed by atoms with van der Waals surface area (Å²) >= 11 is 0. The van der Waals surface area contributed by atoms with Gasteiger partial charge in [0.1, 0.15) is 6.04 Å². The molecule has 0 radical (unpaired) electrons. The molecule has 8 nitrogen and oxygen atoms in total. The number of hydrogen-bond acceptors (Lipinski definition) is 7. The minimum absolute atomic E-state index is 0.191. The van der Waals surface area contributed by atoms with E-state index in [4.69, 9.17) is 4.74 Å². The lowest BCUT2D eigenvalue weighted by atomic mass is 10.0. The highest BCUT2D eigenvalue weighted by atomic mass is 16.5. The number of carbonyl (C=O) groups excluding carboxylic acids is 4. The third kappa shape index (κ3) is 5.57. The quantitative estimate of drug-likeness (QED) is 0.459. The molecule has 1 atom stereocenters. The van der Waals surface area contributed by atoms with Gasteiger partial charge >= 0.3 is 5.97 Å². The van der Waals surface area contributed by atoms with Crippen molar-refractivity contribution in [3.63, 3.8) is 0 Å². The lowest BCUT2D eigenvalue weighted by Crippen LogP contribution is -2.43. The van der Waals surface area contributed by atoms with E-state index in [1.54, 1.807) is 24.3 Å². The van der Waals surface area contributed by atoms with Crippen molar-refractivity contribution in [1.29, 1.82) is 0 Å². The molecule has 0 spiro atoms. The van der Waals surface area contributed by atoms with Crippen molar-refractivity contribution in [1.82, 2.24) is 5.32 Å². The van der Waals surface area contributed by atoms with Crippen molar-refractivity contribution in [3.05, 3.63) is 59.7 Å². The van der Waals surface area contributed by atoms with Crippen LogP contribution in [0.4, 0.5) is 11.4 Å². The zero-order valence-corrected chi connectivity index (χ0v) is 14.3. The number of isocyanates is 2. The Kier molecular flexibility index (Phi) is 6.91. The molecule has 0 heterocycles. The Bertz CT molecular complexity index is 909. The molecule has 1 N–H and O–H groups in total. The average molecular weight is 365 g/mol. The number of methoxy groups -OCH3 is 1. The van der Waals surface area contributed by atoms with Crippen LogP contribution in [0.3, 0.4) is 0 Å². The summed E-state index contributed by atoms with van der Waals surface area (Å²) in [7, 11) is 1.23. The molecule has 136 valence electrons. The van der Waals surface area contributed by atoms with Crippen molar-refractivity contribution >= 4 is 35.4 Å². The molecule has 0 saturated heterocycles. The van der Waals surface area contributed by atoms with Gasteiger partial charge in [0.15, 0.2) is 0 Å². The first kappa shape index (κ1) is 19.5. The normalized spacial score (nSPS) is 10.7. The summed E-state index contributed by atoms with van der Waals surface area (Å²) in [6.45, 7) is 0. The Morgan fingerprint density at radius 1 is 0.963 bits per heavy atom. The largest absolute Gasteiger partial charge is 0.467 e. The first-order chi connectivity index (χ1) is 13.1. The number of aliphatic imine (C=N–C) groups is 2. The number of carbonyl (C=O) groups is 2. The number of nitrogens with zero attached hydrogens (tertiary/aromatic N) is 2. The zero-order chi connectivity index (χ0) is 19.6. The van der Waals surface area contributed by atoms with Gasteiger partial charge in [-0.05, 0) is 42.0 Å². The molecule has 0 fully saturated rings. The van der Waals surface area contributed by atoms with Crippen LogP contribution in [-0.4, -0.2) is 37.2 Å². The minimum atomic E-state index is -0.907. The van der Waals surface area contributed by atoms with E-state index in [2.05, 4.69) is 15.3 Å². The van der Waals surface area contributed by atoms with E-state index in [1.165, 1.54) is 43.5 Å². The first-order valence-electron chi connectivity index (χ1n) is 7.81. The zero-order valence-electron chi connectivity index (χ0n) is 14.3. The van der Waals surface area contributed by atoms with Crippen molar-refractivity contribution in [2.75, 3.05) is 7.11 Å². The number of rotatable bonds is 7. The van der Waals surface area contributed by atoms with Gasteiger partial charge in [-0.3, -0.25) is 4.79 Å². The van der Waals surface area contributed by atoms with Gasteiger partial charge < -0.3 is 10.1 Å². The summed E-state index contributed by atoms with van der Waals surface area (Å²) < 4.78 is 4.75. The van der Waals surface area contributed by atoms with Gasteiger partial charge in [-0.2, -0.15) is 9.98 Å². The molecule has 2 aromatic carbocycles. The molecule has 0 aliphatic rings. The number of ether oxygens (including phenoxy) is 1. The summed E-state index contributed by atoms with van der Waals surface area (Å²) in [5, 5.41) is 2.62. The summed E-state index contributed by atoms with van der Waals surface area (Å²) in [5.74, 6) is -1.07. The van der Waals surface area contributed by atoms with Crippen LogP contribution in [0.1, 0.15) is 15.9 Å². The molecule has 2 rings (SSSR count). The van der Waals surface area contributed by atoms with Crippen LogP contribution in [0, 0.1) is 0 Å². The molecule has 8 heteroatoms. The Morgan fingerprint density at radius 3 is 1.96 bits per heavy atom. The maximum absolute atomic E-state index is 12.4. The van der Waals surface area contributed by atoms with E-state index in [9.17, 15) is 19.2 Å². The first-order valence-corrected chi connectivity index (χ1v) is 7.81. The van der Waals surface area contributed by atoms with E-state index in [-0.39, 0.29) is 6.42 Å². The highest BCUT2D eigenvalue weighted by Gasteiger charge is 2.22. The summed E-state index contributed by atoms with van der Waals surface area (Å²) in [6.07, 6.45) is 3.05. The van der Waals surface area contributed by atoms with Crippen LogP contribution in [0.25, 0.3) is 0 Å². The van der Waals surface area contributed by atoms with Gasteiger partial charge in [0.2, 0.25) is 12.2 Å². The molecular formula is C19H15N3O5. The molecule has 2 aromatic rings. The number of hydrogen-bond donors (Lipinski definition) is 1. The molecule has 27 heavy (non-hydrogen) atoms. The number of amides is 1. The van der Waals surface area contributed by atoms with Crippen molar-refractivity contribution in [2.45, 2.75) is 12.5 Å². The second-order valence-corrected chi connectivity index (χ2v) is 5.37. The van der Waals surface area contributed by atoms with Crippen LogP contribution < -0.4 is 5.32 Å². The summed E-state index contributed by atoms with van der Waals surface area (Å²) in [4.78, 5) is 51.8. The SMILES string of the molecule is COC(=O)C(Cc1ccc(N=C=O)cc1)NC(=O)c1ccc(N=C=O)cc1. The standard InChI is InChI=1S/C19H15N3O5/c1-27-19(26)17(10-13-2-6-15(7-3-13)20-11-23)22-18(25)14-4-8-16(9-5-14)21-12-24/h2-9,17H,10H2,1H3,(H,22,25). The van der Waals surface area contributed by atoms with E-state index in [0.29, 0.717) is 16.9 Å². The average Bonchev–Trinajstić information content (AvgIpc) is 2.69. The lowest BCUT2D eigenvalue weighted by Gasteiger charge is -2.17. The van der Waals surface area contributed by atoms with Gasteiger partial charge in [0.25, 0.3) is 5.91 Å². The minimum Gasteiger partial charge on any atom is -0.467 e. The van der Waals surface area contributed by atoms with Gasteiger partial charge in [0, 0.05) is 12.0 Å². The third-order valence-corrected chi connectivity index (χ3v) is 3.65. The predicted molar refractivity (Wildman–Crippen MR) is 95.4 cm³/mol. The number of nitrogens with one attached hydrogen (secondary N) is 1. The van der Waals surface area contributed by atoms with Gasteiger partial charge in [-0.15, -0.1) is 0 Å². The fourth-order valence-electron chi connectivity index (χ4n) is 2.31. The van der Waals surface area contributed by atoms with Gasteiger partial charge in [0.05, 0.1) is 18.5 Å². The molecule has 1 unspecified atom stereocenters. The van der Waals surface area contributed by atoms with Crippen LogP contribution in [0.15, 0.2) is 58.5 Å². The number of esters is 1. The van der Waals surface area contributed by atoms with Crippen LogP contribution in [0.5, 0.6) is 0 Å². The Labute approximate surface area is 154 Å². The van der Waals surface area contributed by atoms with Gasteiger partial charge in [-0.1, -0.05) is 12.1 Å². The lowest BCUT2D eigenvalue weighted by molar-refractivity contribution is -0.142. The second kappa shape index (κ2) is 9.58. The van der Waals surface area contributed by atoms with Crippen LogP contribution in [-0.2, 0) is 25.5 Å². The highest BCUT2D eigenvalue weighted by molar-refractivity contribution is 5.97. The van der Waals surface area contributed by atoms with E-state index in [1.807, 2.05) is 0 Å². The molecule has 0 saturated carbocycles. The molecule has 0 bridgehead atoms. The smallest absolute Gasteiger partial charge is 0.328 e. The van der Waals surface area contributed by atoms with Crippen molar-refractivity contribution in [2.24, 2.45) is 9.98 Å². The maximum Gasteiger partial charge on any atom is 0.328 e. The number of benzene rings is 2. The van der Waals surface area contributed by atoms with E-state index in [0.717, 1.165) is 5.56 Å². The summed E-state index contributed by atoms with van der Waals surface area (Å²) in [5.41, 5.74) is 1.84. The maximum atomic E-state index is 12.4. The van der Waals surface area contributed by atoms with Crippen molar-refractivity contribution in [3.8, 4) is 0 Å². The van der Waals surface area contributed by atoms with E-state index < -0.39 is 17.9 Å². The van der Waals surface area contributed by atoms with Crippen LogP contribution >= 0.6 is 0 Å². The third-order valence-electron chi connectivity index (χ3n) is 3.65. The fourth-order valence-corrected chi connectivity index (χ4v) is 2.31. The predicted octanol–water partition coefficient (Wildman–Crippen LogP) is 2.14. The molecule has 0 aliphatic carbocycles. The highest BCUT2D eigenvalue weighted by Crippen LogP contribution is 2.15. The van der Waals surface area contributed by atoms with Gasteiger partial charge in [-0.25, -0.2) is 14.4 Å². The topological polar surface area (TPSA) is 114 Å². The Balaban J connectivity index is 2.13. The second-order valence-electron chi connectivity index (χ2n) is 5.37. The monoisotopic (exact) mass is 365 g/mol. The van der Waals surface area contributed by atoms with Crippen LogP contribution in [0.2, 0.25) is 0 Å². The Hall–Kier alpha value is -3.86. The molecule has 0 aromatic heterocycles. The fraction of sp³-hybridized carbons (Fsp3) is 0.158. The van der Waals surface area contributed by atoms with E-state index >= 15 is 0 Å². The summed E-state index contributed by atoms with van der Waals surface area (Å²) in [6, 6.07) is 11.6. The van der Waals surface area contributed by atoms with Crippen molar-refractivity contribution < 1.29 is 23.9 Å². The molecule has 0 aliphatic heterocycles. The Morgan fingerprint density at radius 2 is 1.48 bits per heavy atom. The molecular weight excluding hydrogens is 350 g/mol. The molecule has 1 amide bonds.